The fraction of sp³-hybridized carbons (Fsp3) is 0.300. The molecule has 0 spiro atoms. The van der Waals surface area contributed by atoms with Crippen LogP contribution < -0.4 is 0 Å². The smallest absolute Gasteiger partial charge is 0.410 e. The van der Waals surface area contributed by atoms with Gasteiger partial charge in [-0.2, -0.15) is 0 Å². The third kappa shape index (κ3) is 1.37. The van der Waals surface area contributed by atoms with Crippen molar-refractivity contribution < 1.29 is 9.53 Å². The van der Waals surface area contributed by atoms with Gasteiger partial charge in [0.25, 0.3) is 0 Å². The molecule has 0 aliphatic carbocycles. The van der Waals surface area contributed by atoms with Crippen molar-refractivity contribution in [1.82, 2.24) is 4.90 Å². The van der Waals surface area contributed by atoms with Crippen molar-refractivity contribution in [3.63, 3.8) is 0 Å². The fourth-order valence-corrected chi connectivity index (χ4v) is 1.59. The summed E-state index contributed by atoms with van der Waals surface area (Å²) >= 11 is 0. The van der Waals surface area contributed by atoms with Crippen molar-refractivity contribution in [1.29, 1.82) is 0 Å². The number of fused-ring (bicyclic) bond motifs is 1. The van der Waals surface area contributed by atoms with Crippen molar-refractivity contribution in [2.45, 2.75) is 13.1 Å². The van der Waals surface area contributed by atoms with Gasteiger partial charge in [-0.1, -0.05) is 24.3 Å². The number of hydrogen-bond donors (Lipinski definition) is 0. The summed E-state index contributed by atoms with van der Waals surface area (Å²) in [6, 6.07) is 8.05. The average molecular weight is 177 g/mol. The second kappa shape index (κ2) is 3.09. The van der Waals surface area contributed by atoms with Crippen molar-refractivity contribution in [2.75, 3.05) is 7.11 Å². The van der Waals surface area contributed by atoms with Crippen LogP contribution in [0, 0.1) is 0 Å². The summed E-state index contributed by atoms with van der Waals surface area (Å²) in [5.41, 5.74) is 2.43. The molecule has 1 amide bonds. The van der Waals surface area contributed by atoms with Gasteiger partial charge in [-0.15, -0.1) is 0 Å². The molecular formula is C10H11NO2. The Balaban J connectivity index is 2.18. The number of carbonyl (C=O) groups is 1. The summed E-state index contributed by atoms with van der Waals surface area (Å²) in [4.78, 5) is 12.9. The molecule has 68 valence electrons. The first-order chi connectivity index (χ1) is 6.31. The number of hydrogen-bond acceptors (Lipinski definition) is 2. The van der Waals surface area contributed by atoms with Crippen LogP contribution in [-0.2, 0) is 17.8 Å². The van der Waals surface area contributed by atoms with E-state index in [1.165, 1.54) is 18.2 Å². The molecule has 1 aromatic rings. The lowest BCUT2D eigenvalue weighted by Crippen LogP contribution is -2.24. The van der Waals surface area contributed by atoms with Crippen LogP contribution in [0.2, 0.25) is 0 Å². The number of amides is 1. The number of carbonyl (C=O) groups excluding carboxylic acids is 1. The number of benzene rings is 1. The van der Waals surface area contributed by atoms with Gasteiger partial charge < -0.3 is 4.74 Å². The van der Waals surface area contributed by atoms with Gasteiger partial charge in [-0.3, -0.25) is 4.90 Å². The van der Waals surface area contributed by atoms with E-state index in [0.29, 0.717) is 13.1 Å². The Bertz CT molecular complexity index is 310. The third-order valence-electron chi connectivity index (χ3n) is 2.27. The fourth-order valence-electron chi connectivity index (χ4n) is 1.59. The lowest BCUT2D eigenvalue weighted by atomic mass is 10.1. The Kier molecular flexibility index (Phi) is 1.93. The van der Waals surface area contributed by atoms with Gasteiger partial charge >= 0.3 is 6.09 Å². The van der Waals surface area contributed by atoms with Crippen molar-refractivity contribution >= 4 is 6.09 Å². The van der Waals surface area contributed by atoms with E-state index < -0.39 is 0 Å². The second-order valence-electron chi connectivity index (χ2n) is 3.09. The molecular weight excluding hydrogens is 166 g/mol. The minimum absolute atomic E-state index is 0.254. The standard InChI is InChI=1S/C10H11NO2/c1-13-10(12)11-6-8-4-2-3-5-9(8)7-11/h2-5H,6-7H2,1H3. The lowest BCUT2D eigenvalue weighted by molar-refractivity contribution is 0.123. The van der Waals surface area contributed by atoms with E-state index in [1.807, 2.05) is 24.3 Å². The molecule has 0 fully saturated rings. The molecule has 0 radical (unpaired) electrons. The molecule has 1 aromatic carbocycles. The highest BCUT2D eigenvalue weighted by atomic mass is 16.5. The first-order valence-corrected chi connectivity index (χ1v) is 4.21. The average Bonchev–Trinajstić information content (AvgIpc) is 2.59. The molecule has 2 rings (SSSR count). The molecule has 0 saturated heterocycles. The van der Waals surface area contributed by atoms with Gasteiger partial charge in [0.1, 0.15) is 0 Å². The molecule has 3 heteroatoms. The highest BCUT2D eigenvalue weighted by Crippen LogP contribution is 2.22. The Morgan fingerprint density at radius 2 is 1.85 bits per heavy atom. The lowest BCUT2D eigenvalue weighted by Gasteiger charge is -2.12. The highest BCUT2D eigenvalue weighted by molar-refractivity contribution is 5.68. The predicted molar refractivity (Wildman–Crippen MR) is 48.1 cm³/mol. The van der Waals surface area contributed by atoms with Crippen molar-refractivity contribution in [3.8, 4) is 0 Å². The van der Waals surface area contributed by atoms with E-state index >= 15 is 0 Å². The number of methoxy groups -OCH3 is 1. The molecule has 3 nitrogen and oxygen atoms in total. The highest BCUT2D eigenvalue weighted by Gasteiger charge is 2.22. The maximum absolute atomic E-state index is 11.2. The molecule has 0 saturated carbocycles. The van der Waals surface area contributed by atoms with Gasteiger partial charge in [0.15, 0.2) is 0 Å². The maximum Gasteiger partial charge on any atom is 0.410 e. The summed E-state index contributed by atoms with van der Waals surface area (Å²) in [6.45, 7) is 1.34. The zero-order valence-corrected chi connectivity index (χ0v) is 7.49. The van der Waals surface area contributed by atoms with E-state index in [9.17, 15) is 4.79 Å². The Morgan fingerprint density at radius 1 is 1.31 bits per heavy atom. The van der Waals surface area contributed by atoms with E-state index in [-0.39, 0.29) is 6.09 Å². The van der Waals surface area contributed by atoms with Crippen LogP contribution in [0.4, 0.5) is 4.79 Å². The van der Waals surface area contributed by atoms with E-state index in [2.05, 4.69) is 4.74 Å². The van der Waals surface area contributed by atoms with Crippen LogP contribution >= 0.6 is 0 Å². The van der Waals surface area contributed by atoms with E-state index in [0.717, 1.165) is 0 Å². The minimum atomic E-state index is -0.254. The summed E-state index contributed by atoms with van der Waals surface area (Å²) in [5, 5.41) is 0. The first kappa shape index (κ1) is 8.10. The predicted octanol–water partition coefficient (Wildman–Crippen LogP) is 1.77. The summed E-state index contributed by atoms with van der Waals surface area (Å²) in [5.74, 6) is 0. The molecule has 1 aliphatic rings. The van der Waals surface area contributed by atoms with E-state index in [1.54, 1.807) is 4.90 Å². The SMILES string of the molecule is COC(=O)N1Cc2ccccc2C1. The van der Waals surface area contributed by atoms with Crippen LogP contribution in [0.15, 0.2) is 24.3 Å². The van der Waals surface area contributed by atoms with Gasteiger partial charge in [0.05, 0.1) is 7.11 Å². The van der Waals surface area contributed by atoms with Gasteiger partial charge in [-0.05, 0) is 11.1 Å². The Morgan fingerprint density at radius 3 is 2.31 bits per heavy atom. The Hall–Kier alpha value is -1.51. The molecule has 13 heavy (non-hydrogen) atoms. The first-order valence-electron chi connectivity index (χ1n) is 4.21. The van der Waals surface area contributed by atoms with Crippen LogP contribution in [-0.4, -0.2) is 18.1 Å². The summed E-state index contributed by atoms with van der Waals surface area (Å²) in [6.07, 6.45) is -0.254. The van der Waals surface area contributed by atoms with Crippen molar-refractivity contribution in [3.05, 3.63) is 35.4 Å². The van der Waals surface area contributed by atoms with Crippen LogP contribution in [0.25, 0.3) is 0 Å². The van der Waals surface area contributed by atoms with Crippen molar-refractivity contribution in [2.24, 2.45) is 0 Å². The van der Waals surface area contributed by atoms with Crippen LogP contribution in [0.5, 0.6) is 0 Å². The summed E-state index contributed by atoms with van der Waals surface area (Å²) in [7, 11) is 1.41. The number of nitrogens with zero attached hydrogens (tertiary/aromatic N) is 1. The Labute approximate surface area is 76.9 Å². The number of ether oxygens (including phenoxy) is 1. The van der Waals surface area contributed by atoms with Crippen LogP contribution in [0.3, 0.4) is 0 Å². The molecule has 0 bridgehead atoms. The molecule has 0 N–H and O–H groups in total. The van der Waals surface area contributed by atoms with Gasteiger partial charge in [0.2, 0.25) is 0 Å². The number of rotatable bonds is 0. The molecule has 0 aromatic heterocycles. The molecule has 1 aliphatic heterocycles. The van der Waals surface area contributed by atoms with Gasteiger partial charge in [-0.25, -0.2) is 4.79 Å². The summed E-state index contributed by atoms with van der Waals surface area (Å²) < 4.78 is 4.65. The topological polar surface area (TPSA) is 29.5 Å². The normalized spacial score (nSPS) is 14.1. The van der Waals surface area contributed by atoms with Crippen LogP contribution in [0.1, 0.15) is 11.1 Å². The maximum atomic E-state index is 11.2. The molecule has 0 unspecified atom stereocenters. The van der Waals surface area contributed by atoms with Gasteiger partial charge in [0, 0.05) is 13.1 Å². The second-order valence-corrected chi connectivity index (χ2v) is 3.09. The largest absolute Gasteiger partial charge is 0.453 e. The third-order valence-corrected chi connectivity index (χ3v) is 2.27. The minimum Gasteiger partial charge on any atom is -0.453 e. The zero-order chi connectivity index (χ0) is 9.26. The molecule has 0 atom stereocenters. The quantitative estimate of drug-likeness (QED) is 0.604. The molecule has 1 heterocycles. The zero-order valence-electron chi connectivity index (χ0n) is 7.49. The monoisotopic (exact) mass is 177 g/mol. The van der Waals surface area contributed by atoms with E-state index in [4.69, 9.17) is 0 Å².